The van der Waals surface area contributed by atoms with Gasteiger partial charge in [0.05, 0.1) is 11.8 Å². The Bertz CT molecular complexity index is 805. The second-order valence-corrected chi connectivity index (χ2v) is 11.8. The maximum absolute atomic E-state index is 10.5. The first-order valence-electron chi connectivity index (χ1n) is 7.66. The van der Waals surface area contributed by atoms with Gasteiger partial charge in [0.2, 0.25) is 0 Å². The van der Waals surface area contributed by atoms with Crippen molar-refractivity contribution in [2.24, 2.45) is 0 Å². The molecule has 0 aliphatic carbocycles. The number of aliphatic hydroxyl groups is 2. The van der Waals surface area contributed by atoms with Gasteiger partial charge >= 0.3 is 0 Å². The van der Waals surface area contributed by atoms with E-state index in [2.05, 4.69) is 45.5 Å². The molecule has 3 rings (SSSR count). The van der Waals surface area contributed by atoms with Gasteiger partial charge < -0.3 is 20.7 Å². The predicted molar refractivity (Wildman–Crippen MR) is 101 cm³/mol. The average Bonchev–Trinajstić information content (AvgIpc) is 2.96. The maximum atomic E-state index is 10.5. The van der Waals surface area contributed by atoms with Crippen molar-refractivity contribution < 1.29 is 14.9 Å². The molecule has 1 fully saturated rings. The lowest BCUT2D eigenvalue weighted by Gasteiger charge is -2.19. The quantitative estimate of drug-likeness (QED) is 0.651. The Hall–Kier alpha value is -0.920. The molecule has 0 bridgehead atoms. The van der Waals surface area contributed by atoms with E-state index in [1.54, 1.807) is 16.8 Å². The Morgan fingerprint density at radius 3 is 2.79 bits per heavy atom. The van der Waals surface area contributed by atoms with Crippen molar-refractivity contribution in [3.05, 3.63) is 17.0 Å². The van der Waals surface area contributed by atoms with Crippen molar-refractivity contribution in [3.63, 3.8) is 0 Å². The molecule has 24 heavy (non-hydrogen) atoms. The third kappa shape index (κ3) is 3.26. The van der Waals surface area contributed by atoms with Gasteiger partial charge in [0, 0.05) is 6.20 Å². The van der Waals surface area contributed by atoms with E-state index in [9.17, 15) is 10.2 Å². The smallest absolute Gasteiger partial charge is 0.181 e. The number of nitrogens with zero attached hydrogens (tertiary/aromatic N) is 3. The molecule has 4 atom stereocenters. The minimum Gasteiger partial charge on any atom is -0.397 e. The largest absolute Gasteiger partial charge is 0.397 e. The van der Waals surface area contributed by atoms with Crippen LogP contribution in [0.1, 0.15) is 12.6 Å². The summed E-state index contributed by atoms with van der Waals surface area (Å²) in [5.74, 6) is 0. The van der Waals surface area contributed by atoms with Crippen LogP contribution in [0.2, 0.25) is 0 Å². The molecule has 7 nitrogen and oxygen atoms in total. The van der Waals surface area contributed by atoms with Crippen LogP contribution >= 0.6 is 22.8 Å². The molecule has 0 spiro atoms. The number of rotatable bonds is 4. The van der Waals surface area contributed by atoms with Gasteiger partial charge in [0.15, 0.2) is 16.6 Å². The number of imidazole rings is 1. The highest BCUT2D eigenvalue weighted by molar-refractivity contribution is 9.10. The topological polar surface area (TPSA) is 106 Å². The number of aromatic nitrogens is 3. The summed E-state index contributed by atoms with van der Waals surface area (Å²) in [6.45, 7) is 3.04. The van der Waals surface area contributed by atoms with Crippen LogP contribution in [0.4, 0.5) is 5.69 Å². The molecule has 0 amide bonds. The average molecular weight is 417 g/mol. The van der Waals surface area contributed by atoms with E-state index in [0.717, 1.165) is 6.16 Å². The fourth-order valence-corrected chi connectivity index (χ4v) is 4.37. The van der Waals surface area contributed by atoms with Crippen molar-refractivity contribution in [3.8, 4) is 0 Å². The van der Waals surface area contributed by atoms with Crippen LogP contribution in [0.25, 0.3) is 11.2 Å². The molecular formula is C15H22BrN4O3P. The van der Waals surface area contributed by atoms with Crippen LogP contribution in [-0.2, 0) is 4.74 Å². The van der Waals surface area contributed by atoms with E-state index in [1.165, 1.54) is 0 Å². The molecule has 9 heteroatoms. The summed E-state index contributed by atoms with van der Waals surface area (Å²) >= 11 is 3.37. The number of fused-ring (bicyclic) bond motifs is 1. The number of anilines is 1. The van der Waals surface area contributed by atoms with Crippen LogP contribution in [0.5, 0.6) is 0 Å². The normalized spacial score (nSPS) is 27.9. The molecule has 1 aliphatic heterocycles. The van der Waals surface area contributed by atoms with E-state index < -0.39 is 31.4 Å². The molecule has 0 saturated carbocycles. The van der Waals surface area contributed by atoms with Crippen molar-refractivity contribution in [1.29, 1.82) is 0 Å². The molecule has 0 aromatic carbocycles. The molecule has 1 saturated heterocycles. The molecule has 3 heterocycles. The van der Waals surface area contributed by atoms with Gasteiger partial charge in [0.1, 0.15) is 17.7 Å². The van der Waals surface area contributed by atoms with E-state index in [4.69, 9.17) is 10.5 Å². The van der Waals surface area contributed by atoms with Crippen molar-refractivity contribution in [2.45, 2.75) is 31.0 Å². The Kier molecular flexibility index (Phi) is 4.79. The van der Waals surface area contributed by atoms with Crippen LogP contribution in [-0.4, -0.2) is 68.9 Å². The first-order chi connectivity index (χ1) is 11.2. The van der Waals surface area contributed by atoms with Gasteiger partial charge in [0.25, 0.3) is 0 Å². The number of hydrogen-bond acceptors (Lipinski definition) is 6. The Morgan fingerprint density at radius 2 is 2.12 bits per heavy atom. The van der Waals surface area contributed by atoms with E-state index in [0.29, 0.717) is 28.0 Å². The highest BCUT2D eigenvalue weighted by Crippen LogP contribution is 2.40. The summed E-state index contributed by atoms with van der Waals surface area (Å²) in [4.78, 5) is 8.63. The molecule has 2 aromatic rings. The fourth-order valence-electron chi connectivity index (χ4n) is 2.87. The fraction of sp³-hybridized carbons (Fsp3) is 0.533. The number of ether oxygens (including phenoxy) is 1. The Balaban J connectivity index is 1.92. The monoisotopic (exact) mass is 416 g/mol. The second kappa shape index (κ2) is 6.42. The van der Waals surface area contributed by atoms with Gasteiger partial charge in [-0.1, -0.05) is 0 Å². The first kappa shape index (κ1) is 17.9. The summed E-state index contributed by atoms with van der Waals surface area (Å²) < 4.78 is 8.03. The summed E-state index contributed by atoms with van der Waals surface area (Å²) in [7, 11) is 0. The zero-order valence-corrected chi connectivity index (χ0v) is 16.1. The third-order valence-corrected chi connectivity index (χ3v) is 6.21. The highest BCUT2D eigenvalue weighted by atomic mass is 79.9. The summed E-state index contributed by atoms with van der Waals surface area (Å²) in [5, 5.41) is 20.8. The van der Waals surface area contributed by atoms with Gasteiger partial charge in [-0.25, -0.2) is 9.97 Å². The zero-order chi connectivity index (χ0) is 17.6. The molecule has 1 aliphatic rings. The van der Waals surface area contributed by atoms with Crippen LogP contribution in [0, 0.1) is 0 Å². The Labute approximate surface area is 149 Å². The molecular weight excluding hydrogens is 395 g/mol. The van der Waals surface area contributed by atoms with Crippen LogP contribution < -0.4 is 5.73 Å². The molecule has 0 radical (unpaired) electrons. The zero-order valence-electron chi connectivity index (χ0n) is 13.6. The minimum absolute atomic E-state index is 0.448. The molecule has 132 valence electrons. The standard InChI is InChI=1S/C15H22BrN4O3P/c1-24(2,3)7-5-9-11(21)12(22)14(23-9)20-13-10(19-15(20)16)8(17)4-6-18-13/h4,6,9,11-12,14,21-22H,1,5,7H2,2-3H3,(H2,17,18)/t9?,11-,12-,14-/m1/s1. The highest BCUT2D eigenvalue weighted by Gasteiger charge is 2.44. The number of halogens is 1. The summed E-state index contributed by atoms with van der Waals surface area (Å²) in [5.41, 5.74) is 7.46. The first-order valence-corrected chi connectivity index (χ1v) is 11.5. The predicted octanol–water partition coefficient (Wildman–Crippen LogP) is 1.49. The SMILES string of the molecule is C=P(C)(C)CCC1O[C@@H](n2c(Br)nc3c(N)ccnc32)[C@H](O)[C@@H]1O. The molecule has 1 unspecified atom stereocenters. The molecule has 2 aromatic heterocycles. The maximum Gasteiger partial charge on any atom is 0.181 e. The second-order valence-electron chi connectivity index (χ2n) is 6.82. The summed E-state index contributed by atoms with van der Waals surface area (Å²) in [6, 6.07) is 1.66. The number of pyridine rings is 1. The lowest BCUT2D eigenvalue weighted by atomic mass is 10.1. The number of nitrogens with two attached hydrogens (primary N) is 1. The van der Waals surface area contributed by atoms with E-state index in [1.807, 2.05) is 0 Å². The van der Waals surface area contributed by atoms with Gasteiger partial charge in [-0.15, -0.1) is 13.2 Å². The number of aliphatic hydroxyl groups excluding tert-OH is 2. The minimum atomic E-state index is -1.23. The third-order valence-electron chi connectivity index (χ3n) is 4.18. The van der Waals surface area contributed by atoms with Gasteiger partial charge in [-0.3, -0.25) is 4.57 Å². The Morgan fingerprint density at radius 1 is 1.42 bits per heavy atom. The molecule has 4 N–H and O–H groups in total. The van der Waals surface area contributed by atoms with Crippen LogP contribution in [0.15, 0.2) is 17.0 Å². The summed E-state index contributed by atoms with van der Waals surface area (Å²) in [6.07, 6.45) is 4.02. The number of nitrogen functional groups attached to an aromatic ring is 1. The van der Waals surface area contributed by atoms with Crippen molar-refractivity contribution >= 4 is 46.0 Å². The lowest BCUT2D eigenvalue weighted by Crippen LogP contribution is -2.32. The lowest BCUT2D eigenvalue weighted by molar-refractivity contribution is -0.0365. The van der Waals surface area contributed by atoms with E-state index >= 15 is 0 Å². The van der Waals surface area contributed by atoms with Gasteiger partial charge in [-0.2, -0.15) is 0 Å². The van der Waals surface area contributed by atoms with Crippen molar-refractivity contribution in [1.82, 2.24) is 14.5 Å². The van der Waals surface area contributed by atoms with E-state index in [-0.39, 0.29) is 0 Å². The number of hydrogen-bond donors (Lipinski definition) is 3. The van der Waals surface area contributed by atoms with Crippen molar-refractivity contribution in [2.75, 3.05) is 25.2 Å². The van der Waals surface area contributed by atoms with Crippen LogP contribution in [0.3, 0.4) is 0 Å². The van der Waals surface area contributed by atoms with Gasteiger partial charge in [-0.05, 0) is 47.9 Å².